The summed E-state index contributed by atoms with van der Waals surface area (Å²) >= 11 is 3.46. The standard InChI is InChI=1S/C27H22BrFN4O2/c1-2-35-20-13-11-19(12-14-20)31-27(34)22-16-30-33-25(21-5-3-4-6-23(21)29)15-24(32-26(22)33)17-7-9-18(28)10-8-17/h3-16,25,32H,2H2,1H3,(H,31,34)/t25-/m1/s1. The molecular weight excluding hydrogens is 511 g/mol. The number of amides is 1. The van der Waals surface area contributed by atoms with Crippen LogP contribution in [0.15, 0.2) is 89.5 Å². The summed E-state index contributed by atoms with van der Waals surface area (Å²) in [6, 6.07) is 21.0. The van der Waals surface area contributed by atoms with Crippen LogP contribution in [0.4, 0.5) is 15.9 Å². The normalized spacial score (nSPS) is 14.5. The number of hydrogen-bond donors (Lipinski definition) is 2. The number of anilines is 2. The molecule has 6 nitrogen and oxygen atoms in total. The minimum absolute atomic E-state index is 0.327. The zero-order valence-corrected chi connectivity index (χ0v) is 20.4. The molecule has 2 N–H and O–H groups in total. The maximum Gasteiger partial charge on any atom is 0.261 e. The van der Waals surface area contributed by atoms with Crippen LogP contribution in [0.5, 0.6) is 5.75 Å². The summed E-state index contributed by atoms with van der Waals surface area (Å²) in [5, 5.41) is 10.7. The Balaban J connectivity index is 1.51. The van der Waals surface area contributed by atoms with Crippen LogP contribution < -0.4 is 15.4 Å². The molecule has 1 aliphatic rings. The summed E-state index contributed by atoms with van der Waals surface area (Å²) in [7, 11) is 0. The van der Waals surface area contributed by atoms with Crippen molar-refractivity contribution in [2.24, 2.45) is 0 Å². The second-order valence-corrected chi connectivity index (χ2v) is 8.86. The Bertz CT molecular complexity index is 1400. The van der Waals surface area contributed by atoms with Gasteiger partial charge in [-0.1, -0.05) is 46.3 Å². The molecule has 4 aromatic rings. The van der Waals surface area contributed by atoms with Crippen LogP contribution in [0.3, 0.4) is 0 Å². The maximum absolute atomic E-state index is 14.8. The summed E-state index contributed by atoms with van der Waals surface area (Å²) in [4.78, 5) is 13.2. The number of carbonyl (C=O) groups is 1. The van der Waals surface area contributed by atoms with E-state index in [0.29, 0.717) is 29.2 Å². The summed E-state index contributed by atoms with van der Waals surface area (Å²) in [5.74, 6) is 0.550. The van der Waals surface area contributed by atoms with E-state index in [1.54, 1.807) is 47.1 Å². The molecule has 0 spiro atoms. The minimum atomic E-state index is -0.530. The monoisotopic (exact) mass is 532 g/mol. The van der Waals surface area contributed by atoms with Crippen LogP contribution in [0, 0.1) is 5.82 Å². The predicted molar refractivity (Wildman–Crippen MR) is 138 cm³/mol. The lowest BCUT2D eigenvalue weighted by Gasteiger charge is -2.26. The molecule has 3 aromatic carbocycles. The van der Waals surface area contributed by atoms with Crippen molar-refractivity contribution in [1.29, 1.82) is 0 Å². The molecular formula is C27H22BrFN4O2. The van der Waals surface area contributed by atoms with Gasteiger partial charge in [0.05, 0.1) is 12.8 Å². The van der Waals surface area contributed by atoms with Crippen LogP contribution >= 0.6 is 15.9 Å². The molecule has 0 saturated heterocycles. The second-order valence-electron chi connectivity index (χ2n) is 7.94. The molecule has 0 saturated carbocycles. The van der Waals surface area contributed by atoms with E-state index < -0.39 is 6.04 Å². The summed E-state index contributed by atoms with van der Waals surface area (Å²) in [5.41, 5.74) is 3.10. The smallest absolute Gasteiger partial charge is 0.261 e. The largest absolute Gasteiger partial charge is 0.494 e. The number of nitrogens with zero attached hydrogens (tertiary/aromatic N) is 2. The lowest BCUT2D eigenvalue weighted by Crippen LogP contribution is -2.22. The molecule has 0 unspecified atom stereocenters. The van der Waals surface area contributed by atoms with Crippen LogP contribution in [-0.4, -0.2) is 22.3 Å². The number of carbonyl (C=O) groups excluding carboxylic acids is 1. The van der Waals surface area contributed by atoms with Crippen molar-refractivity contribution in [1.82, 2.24) is 9.78 Å². The zero-order chi connectivity index (χ0) is 24.4. The first kappa shape index (κ1) is 22.9. The third-order valence-electron chi connectivity index (χ3n) is 5.68. The van der Waals surface area contributed by atoms with E-state index in [1.165, 1.54) is 12.3 Å². The number of allylic oxidation sites excluding steroid dienone is 1. The van der Waals surface area contributed by atoms with Crippen molar-refractivity contribution >= 4 is 39.0 Å². The van der Waals surface area contributed by atoms with E-state index in [0.717, 1.165) is 21.5 Å². The summed E-state index contributed by atoms with van der Waals surface area (Å²) < 4.78 is 22.8. The third-order valence-corrected chi connectivity index (χ3v) is 6.21. The highest BCUT2D eigenvalue weighted by Crippen LogP contribution is 2.36. The Kier molecular flexibility index (Phi) is 6.37. The number of fused-ring (bicyclic) bond motifs is 1. The quantitative estimate of drug-likeness (QED) is 0.297. The van der Waals surface area contributed by atoms with E-state index in [1.807, 2.05) is 37.3 Å². The maximum atomic E-state index is 14.8. The Morgan fingerprint density at radius 2 is 1.86 bits per heavy atom. The Hall–Kier alpha value is -3.91. The van der Waals surface area contributed by atoms with Crippen molar-refractivity contribution < 1.29 is 13.9 Å². The molecule has 0 bridgehead atoms. The number of ether oxygens (including phenoxy) is 1. The summed E-state index contributed by atoms with van der Waals surface area (Å²) in [6.07, 6.45) is 3.41. The van der Waals surface area contributed by atoms with Gasteiger partial charge in [-0.2, -0.15) is 5.10 Å². The number of nitrogens with one attached hydrogen (secondary N) is 2. The lowest BCUT2D eigenvalue weighted by atomic mass is 10.0. The van der Waals surface area contributed by atoms with Gasteiger partial charge in [0.25, 0.3) is 5.91 Å². The second kappa shape index (κ2) is 9.76. The first-order valence-corrected chi connectivity index (χ1v) is 11.9. The van der Waals surface area contributed by atoms with Gasteiger partial charge in [0, 0.05) is 21.4 Å². The zero-order valence-electron chi connectivity index (χ0n) is 18.8. The fourth-order valence-electron chi connectivity index (χ4n) is 4.00. The SMILES string of the molecule is CCOc1ccc(NC(=O)c2cnn3c2NC(c2ccc(Br)cc2)=C[C@@H]3c2ccccc2F)cc1. The molecule has 0 radical (unpaired) electrons. The van der Waals surface area contributed by atoms with Gasteiger partial charge in [0.1, 0.15) is 29.0 Å². The molecule has 5 rings (SSSR count). The molecule has 0 fully saturated rings. The van der Waals surface area contributed by atoms with Crippen LogP contribution in [0.25, 0.3) is 5.70 Å². The minimum Gasteiger partial charge on any atom is -0.494 e. The van der Waals surface area contributed by atoms with E-state index >= 15 is 0 Å². The van der Waals surface area contributed by atoms with Gasteiger partial charge in [-0.05, 0) is 61.0 Å². The van der Waals surface area contributed by atoms with Crippen molar-refractivity contribution in [3.8, 4) is 5.75 Å². The number of benzene rings is 3. The van der Waals surface area contributed by atoms with Gasteiger partial charge in [-0.15, -0.1) is 0 Å². The van der Waals surface area contributed by atoms with Crippen LogP contribution in [0.1, 0.15) is 34.5 Å². The van der Waals surface area contributed by atoms with E-state index in [4.69, 9.17) is 4.74 Å². The highest BCUT2D eigenvalue weighted by atomic mass is 79.9. The third kappa shape index (κ3) is 4.70. The molecule has 1 aromatic heterocycles. The molecule has 0 aliphatic carbocycles. The molecule has 1 atom stereocenters. The van der Waals surface area contributed by atoms with Gasteiger partial charge < -0.3 is 15.4 Å². The van der Waals surface area contributed by atoms with Crippen molar-refractivity contribution in [3.63, 3.8) is 0 Å². The number of aromatic nitrogens is 2. The topological polar surface area (TPSA) is 68.2 Å². The van der Waals surface area contributed by atoms with Crippen LogP contribution in [0.2, 0.25) is 0 Å². The number of hydrogen-bond acceptors (Lipinski definition) is 4. The van der Waals surface area contributed by atoms with Crippen molar-refractivity contribution in [2.45, 2.75) is 13.0 Å². The molecule has 35 heavy (non-hydrogen) atoms. The highest BCUT2D eigenvalue weighted by molar-refractivity contribution is 9.10. The van der Waals surface area contributed by atoms with Gasteiger partial charge in [0.2, 0.25) is 0 Å². The molecule has 1 aliphatic heterocycles. The van der Waals surface area contributed by atoms with Crippen molar-refractivity contribution in [3.05, 3.63) is 112 Å². The molecule has 1 amide bonds. The van der Waals surface area contributed by atoms with E-state index in [-0.39, 0.29) is 11.7 Å². The first-order valence-electron chi connectivity index (χ1n) is 11.1. The number of rotatable bonds is 6. The number of halogens is 2. The first-order chi connectivity index (χ1) is 17.0. The average molecular weight is 533 g/mol. The Morgan fingerprint density at radius 1 is 1.11 bits per heavy atom. The van der Waals surface area contributed by atoms with E-state index in [9.17, 15) is 9.18 Å². The Labute approximate surface area is 210 Å². The van der Waals surface area contributed by atoms with Gasteiger partial charge >= 0.3 is 0 Å². The van der Waals surface area contributed by atoms with Gasteiger partial charge in [0.15, 0.2) is 0 Å². The van der Waals surface area contributed by atoms with E-state index in [2.05, 4.69) is 31.7 Å². The molecule has 8 heteroatoms. The molecule has 2 heterocycles. The average Bonchev–Trinajstić information content (AvgIpc) is 3.30. The van der Waals surface area contributed by atoms with Gasteiger partial charge in [-0.25, -0.2) is 9.07 Å². The molecule has 176 valence electrons. The lowest BCUT2D eigenvalue weighted by molar-refractivity contribution is 0.102. The van der Waals surface area contributed by atoms with Gasteiger partial charge in [-0.3, -0.25) is 4.79 Å². The Morgan fingerprint density at radius 3 is 2.57 bits per heavy atom. The fourth-order valence-corrected chi connectivity index (χ4v) is 4.26. The summed E-state index contributed by atoms with van der Waals surface area (Å²) in [6.45, 7) is 2.48. The van der Waals surface area contributed by atoms with Crippen molar-refractivity contribution in [2.75, 3.05) is 17.2 Å². The highest BCUT2D eigenvalue weighted by Gasteiger charge is 2.29. The predicted octanol–water partition coefficient (Wildman–Crippen LogP) is 6.49. The fraction of sp³-hybridized carbons (Fsp3) is 0.111. The van der Waals surface area contributed by atoms with Crippen LogP contribution in [-0.2, 0) is 0 Å².